The molecule has 1 aromatic rings. The largest absolute Gasteiger partial charge is 0.370 e. The quantitative estimate of drug-likeness (QED) is 0.108. The smallest absolute Gasteiger partial charge is 0.243 e. The Balaban J connectivity index is 0.00000578. The number of halogens is 1. The fraction of sp³-hybridized carbons (Fsp3) is 0.524. The summed E-state index contributed by atoms with van der Waals surface area (Å²) in [6.45, 7) is 0.712. The molecule has 1 aliphatic rings. The van der Waals surface area contributed by atoms with Gasteiger partial charge in [-0.2, -0.15) is 0 Å². The Labute approximate surface area is 206 Å². The van der Waals surface area contributed by atoms with Gasteiger partial charge in [0.25, 0.3) is 0 Å². The van der Waals surface area contributed by atoms with E-state index in [0.29, 0.717) is 45.1 Å². The van der Waals surface area contributed by atoms with Crippen molar-refractivity contribution in [1.29, 1.82) is 5.41 Å². The van der Waals surface area contributed by atoms with Crippen molar-refractivity contribution in [3.63, 3.8) is 0 Å². The van der Waals surface area contributed by atoms with E-state index in [2.05, 4.69) is 15.4 Å². The average molecular weight is 517 g/mol. The summed E-state index contributed by atoms with van der Waals surface area (Å²) in [5.74, 6) is -1.10. The molecule has 1 saturated heterocycles. The van der Waals surface area contributed by atoms with Crippen LogP contribution in [-0.4, -0.2) is 74.8 Å². The minimum Gasteiger partial charge on any atom is -0.370 e. The Morgan fingerprint density at radius 1 is 1.29 bits per heavy atom. The molecule has 6 N–H and O–H groups in total. The van der Waals surface area contributed by atoms with E-state index in [1.807, 2.05) is 6.07 Å². The molecule has 13 heteroatoms. The Morgan fingerprint density at radius 2 is 1.97 bits per heavy atom. The zero-order chi connectivity index (χ0) is 24.4. The van der Waals surface area contributed by atoms with Crippen LogP contribution in [0.15, 0.2) is 30.3 Å². The molecular weight excluding hydrogens is 484 g/mol. The number of carbonyl (C=O) groups excluding carboxylic acids is 3. The second-order valence-corrected chi connectivity index (χ2v) is 9.84. The van der Waals surface area contributed by atoms with Crippen molar-refractivity contribution in [2.45, 2.75) is 50.2 Å². The molecule has 0 radical (unpaired) electrons. The van der Waals surface area contributed by atoms with Gasteiger partial charge in [0.2, 0.25) is 21.8 Å². The highest BCUT2D eigenvalue weighted by Gasteiger charge is 2.38. The lowest BCUT2D eigenvalue weighted by Gasteiger charge is -2.29. The number of nitrogens with zero attached hydrogens (tertiary/aromatic N) is 1. The van der Waals surface area contributed by atoms with Gasteiger partial charge in [-0.3, -0.25) is 15.0 Å². The number of nitrogens with two attached hydrogens (primary N) is 1. The van der Waals surface area contributed by atoms with Gasteiger partial charge >= 0.3 is 0 Å². The molecule has 190 valence electrons. The topological polar surface area (TPSA) is 175 Å². The number of hydrogen-bond acceptors (Lipinski definition) is 6. The summed E-state index contributed by atoms with van der Waals surface area (Å²) < 4.78 is 26.2. The highest BCUT2D eigenvalue weighted by Crippen LogP contribution is 2.20. The van der Waals surface area contributed by atoms with Crippen molar-refractivity contribution in [3.05, 3.63) is 35.9 Å². The number of carbonyl (C=O) groups is 3. The average Bonchev–Trinajstić information content (AvgIpc) is 3.24. The molecule has 2 rings (SSSR count). The van der Waals surface area contributed by atoms with Crippen molar-refractivity contribution in [3.8, 4) is 0 Å². The molecule has 11 nitrogen and oxygen atoms in total. The number of benzene rings is 1. The van der Waals surface area contributed by atoms with Crippen molar-refractivity contribution < 1.29 is 22.8 Å². The van der Waals surface area contributed by atoms with Gasteiger partial charge in [0.1, 0.15) is 18.4 Å². The first kappa shape index (κ1) is 29.3. The Bertz CT molecular complexity index is 946. The van der Waals surface area contributed by atoms with Crippen LogP contribution in [0.4, 0.5) is 0 Å². The first-order chi connectivity index (χ1) is 15.6. The second kappa shape index (κ2) is 13.9. The third kappa shape index (κ3) is 9.65. The Kier molecular flexibility index (Phi) is 12.0. The molecule has 1 aromatic carbocycles. The lowest BCUT2D eigenvalue weighted by Crippen LogP contribution is -2.55. The normalized spacial score (nSPS) is 17.2. The predicted octanol–water partition coefficient (Wildman–Crippen LogP) is -0.493. The number of rotatable bonds is 12. The first-order valence-corrected chi connectivity index (χ1v) is 12.6. The van der Waals surface area contributed by atoms with Crippen molar-refractivity contribution in [2.24, 2.45) is 5.73 Å². The molecule has 0 aliphatic carbocycles. The molecule has 0 saturated carbocycles. The van der Waals surface area contributed by atoms with Crippen LogP contribution in [-0.2, 0) is 30.8 Å². The summed E-state index contributed by atoms with van der Waals surface area (Å²) in [6.07, 6.45) is 3.65. The van der Waals surface area contributed by atoms with E-state index in [9.17, 15) is 22.8 Å². The van der Waals surface area contributed by atoms with Crippen LogP contribution in [0.3, 0.4) is 0 Å². The molecular formula is C21H33ClN6O5S. The van der Waals surface area contributed by atoms with Crippen LogP contribution < -0.4 is 21.1 Å². The third-order valence-electron chi connectivity index (χ3n) is 5.27. The zero-order valence-corrected chi connectivity index (χ0v) is 20.7. The lowest BCUT2D eigenvalue weighted by atomic mass is 10.0. The number of aldehydes is 1. The van der Waals surface area contributed by atoms with E-state index in [1.165, 1.54) is 4.90 Å². The summed E-state index contributed by atoms with van der Waals surface area (Å²) in [5.41, 5.74) is 6.00. The third-order valence-corrected chi connectivity index (χ3v) is 5.99. The number of amides is 2. The molecule has 0 bridgehead atoms. The summed E-state index contributed by atoms with van der Waals surface area (Å²) in [4.78, 5) is 38.9. The van der Waals surface area contributed by atoms with E-state index in [-0.39, 0.29) is 24.8 Å². The molecule has 0 aromatic heterocycles. The number of nitrogens with one attached hydrogen (secondary N) is 4. The Morgan fingerprint density at radius 3 is 2.56 bits per heavy atom. The summed E-state index contributed by atoms with van der Waals surface area (Å²) in [6, 6.07) is 6.46. The SMILES string of the molecule is CS(=O)(=O)N[C@H](Cc1ccccc1)C(=O)N1CCC[C@H]1C(=O)N[C@H](C=O)CCCNC(=N)N.Cl. The molecule has 1 heterocycles. The fourth-order valence-corrected chi connectivity index (χ4v) is 4.49. The minimum atomic E-state index is -3.67. The van der Waals surface area contributed by atoms with Crippen LogP contribution >= 0.6 is 12.4 Å². The molecule has 34 heavy (non-hydrogen) atoms. The molecule has 1 fully saturated rings. The number of likely N-dealkylation sites (tertiary alicyclic amines) is 1. The standard InChI is InChI=1S/C21H32N6O5S.ClH/c1-33(31,32)26-17(13-15-7-3-2-4-8-15)20(30)27-12-6-10-18(27)19(29)25-16(14-28)9-5-11-24-21(22)23;/h2-4,7-8,14,16-18,26H,5-6,9-13H2,1H3,(H,25,29)(H4,22,23,24);1H/t16-,17+,18-;/m0./s1. The van der Waals surface area contributed by atoms with E-state index in [4.69, 9.17) is 11.1 Å². The van der Waals surface area contributed by atoms with Crippen LogP contribution in [0.2, 0.25) is 0 Å². The lowest BCUT2D eigenvalue weighted by molar-refractivity contribution is -0.140. The highest BCUT2D eigenvalue weighted by molar-refractivity contribution is 7.88. The summed E-state index contributed by atoms with van der Waals surface area (Å²) >= 11 is 0. The van der Waals surface area contributed by atoms with E-state index < -0.39 is 40.0 Å². The zero-order valence-electron chi connectivity index (χ0n) is 19.0. The maximum atomic E-state index is 13.3. The van der Waals surface area contributed by atoms with Gasteiger partial charge in [0, 0.05) is 13.1 Å². The van der Waals surface area contributed by atoms with Gasteiger partial charge in [0.15, 0.2) is 5.96 Å². The molecule has 2 amide bonds. The second-order valence-electron chi connectivity index (χ2n) is 8.06. The molecule has 0 unspecified atom stereocenters. The van der Waals surface area contributed by atoms with Crippen molar-refractivity contribution in [1.82, 2.24) is 20.3 Å². The maximum absolute atomic E-state index is 13.3. The summed E-state index contributed by atoms with van der Waals surface area (Å²) in [7, 11) is -3.67. The van der Waals surface area contributed by atoms with Crippen LogP contribution in [0.25, 0.3) is 0 Å². The van der Waals surface area contributed by atoms with Crippen LogP contribution in [0.5, 0.6) is 0 Å². The van der Waals surface area contributed by atoms with Gasteiger partial charge in [-0.15, -0.1) is 12.4 Å². The van der Waals surface area contributed by atoms with E-state index >= 15 is 0 Å². The first-order valence-electron chi connectivity index (χ1n) is 10.8. The molecule has 1 aliphatic heterocycles. The maximum Gasteiger partial charge on any atom is 0.243 e. The van der Waals surface area contributed by atoms with Gasteiger partial charge < -0.3 is 26.1 Å². The number of sulfonamides is 1. The van der Waals surface area contributed by atoms with Gasteiger partial charge in [-0.1, -0.05) is 30.3 Å². The van der Waals surface area contributed by atoms with Crippen molar-refractivity contribution in [2.75, 3.05) is 19.3 Å². The van der Waals surface area contributed by atoms with Crippen LogP contribution in [0.1, 0.15) is 31.2 Å². The van der Waals surface area contributed by atoms with Crippen LogP contribution in [0, 0.1) is 5.41 Å². The fourth-order valence-electron chi connectivity index (χ4n) is 3.79. The Hall–Kier alpha value is -2.70. The highest BCUT2D eigenvalue weighted by atomic mass is 35.5. The molecule has 3 atom stereocenters. The summed E-state index contributed by atoms with van der Waals surface area (Å²) in [5, 5.41) is 12.4. The molecule has 0 spiro atoms. The van der Waals surface area contributed by atoms with Crippen molar-refractivity contribution >= 4 is 46.5 Å². The minimum absolute atomic E-state index is 0. The predicted molar refractivity (Wildman–Crippen MR) is 131 cm³/mol. The van der Waals surface area contributed by atoms with Gasteiger partial charge in [-0.05, 0) is 37.7 Å². The number of hydrogen-bond donors (Lipinski definition) is 5. The van der Waals surface area contributed by atoms with Gasteiger partial charge in [0.05, 0.1) is 12.3 Å². The van der Waals surface area contributed by atoms with Gasteiger partial charge in [-0.25, -0.2) is 13.1 Å². The monoisotopic (exact) mass is 516 g/mol. The number of guanidine groups is 1. The van der Waals surface area contributed by atoms with E-state index in [0.717, 1.165) is 11.8 Å². The van der Waals surface area contributed by atoms with E-state index in [1.54, 1.807) is 24.3 Å².